The Morgan fingerprint density at radius 1 is 1.21 bits per heavy atom. The Morgan fingerprint density at radius 3 is 2.38 bits per heavy atom. The third kappa shape index (κ3) is 4.22. The lowest BCUT2D eigenvalue weighted by Gasteiger charge is -2.12. The molecule has 0 aliphatic rings. The predicted octanol–water partition coefficient (Wildman–Crippen LogP) is 5.21. The van der Waals surface area contributed by atoms with E-state index in [1.807, 2.05) is 37.3 Å². The van der Waals surface area contributed by atoms with E-state index < -0.39 is 15.7 Å². The van der Waals surface area contributed by atoms with Crippen LogP contribution < -0.4 is 5.32 Å². The van der Waals surface area contributed by atoms with Gasteiger partial charge in [-0.15, -0.1) is 11.3 Å². The first-order valence-electron chi connectivity index (χ1n) is 6.99. The highest BCUT2D eigenvalue weighted by Gasteiger charge is 2.33. The van der Waals surface area contributed by atoms with Gasteiger partial charge in [0.05, 0.1) is 6.61 Å². The average molecular weight is 407 g/mol. The topological polar surface area (TPSA) is 55.4 Å². The van der Waals surface area contributed by atoms with E-state index in [-0.39, 0.29) is 12.2 Å². The number of benzene rings is 1. The summed E-state index contributed by atoms with van der Waals surface area (Å²) in [7, 11) is 0. The second kappa shape index (κ2) is 7.74. The van der Waals surface area contributed by atoms with Crippen LogP contribution in [0.3, 0.4) is 0 Å². The average Bonchev–Trinajstić information content (AvgIpc) is 2.83. The van der Waals surface area contributed by atoms with E-state index >= 15 is 0 Å². The summed E-state index contributed by atoms with van der Waals surface area (Å²) in [6, 6.07) is 9.35. The van der Waals surface area contributed by atoms with Crippen molar-refractivity contribution in [3.05, 3.63) is 40.8 Å². The Morgan fingerprint density at radius 2 is 1.83 bits per heavy atom. The molecule has 1 amide bonds. The summed E-state index contributed by atoms with van der Waals surface area (Å²) in [6.45, 7) is 3.76. The molecule has 0 aliphatic carbocycles. The van der Waals surface area contributed by atoms with Crippen LogP contribution in [0.5, 0.6) is 0 Å². The lowest BCUT2D eigenvalue weighted by Crippen LogP contribution is -2.27. The zero-order valence-electron chi connectivity index (χ0n) is 12.9. The van der Waals surface area contributed by atoms with Gasteiger partial charge in [-0.1, -0.05) is 65.1 Å². The molecule has 1 N–H and O–H groups in total. The number of hydrogen-bond donors (Lipinski definition) is 1. The number of thiophene rings is 1. The fourth-order valence-electron chi connectivity index (χ4n) is 2.16. The molecule has 2 rings (SSSR count). The molecule has 0 atom stereocenters. The molecule has 1 heterocycles. The molecular formula is C16H14Cl3NO3S. The quantitative estimate of drug-likeness (QED) is 0.560. The molecule has 4 nitrogen and oxygen atoms in total. The lowest BCUT2D eigenvalue weighted by molar-refractivity contribution is -0.115. The first kappa shape index (κ1) is 19.1. The molecule has 0 bridgehead atoms. The van der Waals surface area contributed by atoms with Crippen molar-refractivity contribution >= 4 is 63.0 Å². The van der Waals surface area contributed by atoms with Gasteiger partial charge in [0.2, 0.25) is 0 Å². The maximum absolute atomic E-state index is 12.4. The fourth-order valence-corrected chi connectivity index (χ4v) is 3.36. The second-order valence-electron chi connectivity index (χ2n) is 4.78. The van der Waals surface area contributed by atoms with Gasteiger partial charge in [-0.3, -0.25) is 4.79 Å². The van der Waals surface area contributed by atoms with Gasteiger partial charge >= 0.3 is 5.97 Å². The van der Waals surface area contributed by atoms with Gasteiger partial charge < -0.3 is 10.1 Å². The summed E-state index contributed by atoms with van der Waals surface area (Å²) in [5.41, 5.74) is 1.79. The molecule has 24 heavy (non-hydrogen) atoms. The summed E-state index contributed by atoms with van der Waals surface area (Å²) in [6.07, 6.45) is 0. The van der Waals surface area contributed by atoms with Gasteiger partial charge in [0.25, 0.3) is 9.70 Å². The summed E-state index contributed by atoms with van der Waals surface area (Å²) in [5, 5.41) is 2.80. The highest BCUT2D eigenvalue weighted by molar-refractivity contribution is 7.17. The molecule has 0 saturated carbocycles. The molecule has 0 spiro atoms. The van der Waals surface area contributed by atoms with E-state index in [0.29, 0.717) is 10.6 Å². The number of carbonyl (C=O) groups excluding carboxylic acids is 2. The number of amides is 1. The molecule has 0 radical (unpaired) electrons. The molecule has 0 saturated heterocycles. The van der Waals surface area contributed by atoms with E-state index in [0.717, 1.165) is 10.4 Å². The minimum absolute atomic E-state index is 0.208. The third-order valence-corrected chi connectivity index (χ3v) is 4.65. The van der Waals surface area contributed by atoms with Crippen LogP contribution in [0.15, 0.2) is 30.3 Å². The van der Waals surface area contributed by atoms with Crippen LogP contribution in [-0.2, 0) is 9.53 Å². The van der Waals surface area contributed by atoms with Crippen LogP contribution in [0.1, 0.15) is 22.2 Å². The summed E-state index contributed by atoms with van der Waals surface area (Å²) in [5.74, 6) is -1.38. The van der Waals surface area contributed by atoms with Crippen molar-refractivity contribution in [1.82, 2.24) is 0 Å². The van der Waals surface area contributed by atoms with Crippen molar-refractivity contribution in [2.24, 2.45) is 0 Å². The molecule has 0 fully saturated rings. The molecule has 0 unspecified atom stereocenters. The highest BCUT2D eigenvalue weighted by atomic mass is 35.6. The molecule has 8 heteroatoms. The van der Waals surface area contributed by atoms with Gasteiger partial charge in [-0.2, -0.15) is 0 Å². The number of carbonyl (C=O) groups is 2. The minimum Gasteiger partial charge on any atom is -0.462 e. The number of halogens is 3. The molecule has 0 aliphatic heterocycles. The van der Waals surface area contributed by atoms with Crippen molar-refractivity contribution in [3.8, 4) is 11.1 Å². The van der Waals surface area contributed by atoms with Crippen LogP contribution in [0, 0.1) is 6.92 Å². The Kier molecular flexibility index (Phi) is 6.15. The van der Waals surface area contributed by atoms with E-state index in [1.165, 1.54) is 11.3 Å². The van der Waals surface area contributed by atoms with Crippen molar-refractivity contribution in [3.63, 3.8) is 0 Å². The van der Waals surface area contributed by atoms with Gasteiger partial charge in [0, 0.05) is 10.4 Å². The third-order valence-electron chi connectivity index (χ3n) is 3.11. The first-order valence-corrected chi connectivity index (χ1v) is 8.94. The van der Waals surface area contributed by atoms with Crippen molar-refractivity contribution in [2.75, 3.05) is 11.9 Å². The van der Waals surface area contributed by atoms with E-state index in [9.17, 15) is 9.59 Å². The lowest BCUT2D eigenvalue weighted by atomic mass is 10.0. The standard InChI is InChI=1S/C16H14Cl3NO3S/c1-3-23-14(21)12-11(10-7-5-4-6-8-10)9(2)24-13(12)20-15(22)16(17,18)19/h4-8H,3H2,1-2H3,(H,20,22). The number of alkyl halides is 3. The molecular weight excluding hydrogens is 393 g/mol. The first-order chi connectivity index (χ1) is 11.3. The predicted molar refractivity (Wildman–Crippen MR) is 99.4 cm³/mol. The number of rotatable bonds is 4. The Balaban J connectivity index is 2.56. The summed E-state index contributed by atoms with van der Waals surface area (Å²) < 4.78 is 3.00. The SMILES string of the molecule is CCOC(=O)c1c(NC(=O)C(Cl)(Cl)Cl)sc(C)c1-c1ccccc1. The summed E-state index contributed by atoms with van der Waals surface area (Å²) >= 11 is 18.0. The molecule has 128 valence electrons. The Bertz CT molecular complexity index is 754. The largest absolute Gasteiger partial charge is 0.462 e. The molecule has 1 aromatic heterocycles. The maximum atomic E-state index is 12.4. The van der Waals surface area contributed by atoms with Gasteiger partial charge in [0.1, 0.15) is 10.6 Å². The van der Waals surface area contributed by atoms with Crippen LogP contribution in [0.2, 0.25) is 0 Å². The van der Waals surface area contributed by atoms with E-state index in [1.54, 1.807) is 6.92 Å². The number of esters is 1. The van der Waals surface area contributed by atoms with Crippen molar-refractivity contribution in [1.29, 1.82) is 0 Å². The number of aryl methyl sites for hydroxylation is 1. The van der Waals surface area contributed by atoms with Crippen LogP contribution in [0.4, 0.5) is 5.00 Å². The minimum atomic E-state index is -2.13. The van der Waals surface area contributed by atoms with Crippen molar-refractivity contribution < 1.29 is 14.3 Å². The molecule has 1 aromatic carbocycles. The van der Waals surface area contributed by atoms with E-state index in [4.69, 9.17) is 39.5 Å². The van der Waals surface area contributed by atoms with Crippen LogP contribution >= 0.6 is 46.1 Å². The van der Waals surface area contributed by atoms with Crippen LogP contribution in [-0.4, -0.2) is 22.3 Å². The van der Waals surface area contributed by atoms with Gasteiger partial charge in [-0.05, 0) is 19.4 Å². The van der Waals surface area contributed by atoms with Gasteiger partial charge in [0.15, 0.2) is 0 Å². The van der Waals surface area contributed by atoms with Gasteiger partial charge in [-0.25, -0.2) is 4.79 Å². The fraction of sp³-hybridized carbons (Fsp3) is 0.250. The Labute approximate surface area is 158 Å². The van der Waals surface area contributed by atoms with Crippen LogP contribution in [0.25, 0.3) is 11.1 Å². The normalized spacial score (nSPS) is 11.2. The molecule has 2 aromatic rings. The zero-order chi connectivity index (χ0) is 17.9. The second-order valence-corrected chi connectivity index (χ2v) is 8.28. The number of nitrogens with one attached hydrogen (secondary N) is 1. The maximum Gasteiger partial charge on any atom is 0.341 e. The number of anilines is 1. The Hall–Kier alpha value is -1.27. The van der Waals surface area contributed by atoms with E-state index in [2.05, 4.69) is 5.32 Å². The number of ether oxygens (including phenoxy) is 1. The van der Waals surface area contributed by atoms with Crippen molar-refractivity contribution in [2.45, 2.75) is 17.6 Å². The monoisotopic (exact) mass is 405 g/mol. The number of hydrogen-bond acceptors (Lipinski definition) is 4. The summed E-state index contributed by atoms with van der Waals surface area (Å²) in [4.78, 5) is 25.2. The smallest absolute Gasteiger partial charge is 0.341 e. The zero-order valence-corrected chi connectivity index (χ0v) is 15.9. The highest BCUT2D eigenvalue weighted by Crippen LogP contribution is 2.41.